The molecule has 2 fully saturated rings. The van der Waals surface area contributed by atoms with E-state index in [0.717, 1.165) is 62.6 Å². The van der Waals surface area contributed by atoms with Crippen LogP contribution in [0.2, 0.25) is 0 Å². The third-order valence-corrected chi connectivity index (χ3v) is 5.99. The van der Waals surface area contributed by atoms with E-state index in [-0.39, 0.29) is 23.8 Å². The average molecular weight is 340 g/mol. The SMILES string of the molecule is O=C([C@@H]1C[C@@H]1c1ccco1)N1CCCC[C@H]1c1nnc2n1CCCC2. The Bertz CT molecular complexity index is 766. The molecule has 3 atom stereocenters. The molecule has 0 aromatic carbocycles. The van der Waals surface area contributed by atoms with E-state index in [0.29, 0.717) is 0 Å². The van der Waals surface area contributed by atoms with Crippen LogP contribution in [0, 0.1) is 5.92 Å². The number of nitrogens with zero attached hydrogens (tertiary/aromatic N) is 4. The van der Waals surface area contributed by atoms with Crippen LogP contribution in [-0.2, 0) is 17.8 Å². The van der Waals surface area contributed by atoms with Gasteiger partial charge >= 0.3 is 0 Å². The van der Waals surface area contributed by atoms with E-state index in [4.69, 9.17) is 4.42 Å². The van der Waals surface area contributed by atoms with E-state index < -0.39 is 0 Å². The molecular weight excluding hydrogens is 316 g/mol. The molecule has 2 aliphatic heterocycles. The molecule has 0 unspecified atom stereocenters. The minimum absolute atomic E-state index is 0.0792. The highest BCUT2D eigenvalue weighted by Gasteiger charge is 2.49. The summed E-state index contributed by atoms with van der Waals surface area (Å²) in [6.07, 6.45) is 9.23. The third-order valence-electron chi connectivity index (χ3n) is 5.99. The summed E-state index contributed by atoms with van der Waals surface area (Å²) in [5.74, 6) is 3.68. The lowest BCUT2D eigenvalue weighted by Crippen LogP contribution is -2.41. The Morgan fingerprint density at radius 2 is 2.08 bits per heavy atom. The first kappa shape index (κ1) is 15.2. The van der Waals surface area contributed by atoms with Crippen molar-refractivity contribution in [1.29, 1.82) is 0 Å². The van der Waals surface area contributed by atoms with Crippen molar-refractivity contribution in [2.75, 3.05) is 6.54 Å². The van der Waals surface area contributed by atoms with E-state index in [1.165, 1.54) is 12.8 Å². The number of fused-ring (bicyclic) bond motifs is 1. The van der Waals surface area contributed by atoms with Crippen molar-refractivity contribution < 1.29 is 9.21 Å². The summed E-state index contributed by atoms with van der Waals surface area (Å²) in [6.45, 7) is 1.84. The maximum absolute atomic E-state index is 13.2. The van der Waals surface area contributed by atoms with Crippen molar-refractivity contribution in [3.8, 4) is 0 Å². The Hall–Kier alpha value is -2.11. The highest BCUT2D eigenvalue weighted by molar-refractivity contribution is 5.83. The normalized spacial score (nSPS) is 28.6. The van der Waals surface area contributed by atoms with Gasteiger partial charge in [0.2, 0.25) is 5.91 Å². The summed E-state index contributed by atoms with van der Waals surface area (Å²) in [4.78, 5) is 15.3. The van der Waals surface area contributed by atoms with E-state index in [1.807, 2.05) is 12.1 Å². The van der Waals surface area contributed by atoms with E-state index in [1.54, 1.807) is 6.26 Å². The number of piperidine rings is 1. The largest absolute Gasteiger partial charge is 0.469 e. The zero-order chi connectivity index (χ0) is 16.8. The van der Waals surface area contributed by atoms with Gasteiger partial charge in [0.1, 0.15) is 11.6 Å². The summed E-state index contributed by atoms with van der Waals surface area (Å²) in [7, 11) is 0. The molecule has 4 heterocycles. The minimum atomic E-state index is 0.0792. The maximum Gasteiger partial charge on any atom is 0.227 e. The molecule has 2 aromatic rings. The van der Waals surface area contributed by atoms with Crippen LogP contribution in [0.5, 0.6) is 0 Å². The van der Waals surface area contributed by atoms with Crippen LogP contribution in [0.25, 0.3) is 0 Å². The second-order valence-electron chi connectivity index (χ2n) is 7.59. The Balaban J connectivity index is 1.38. The number of rotatable bonds is 3. The van der Waals surface area contributed by atoms with Gasteiger partial charge in [-0.15, -0.1) is 10.2 Å². The zero-order valence-electron chi connectivity index (χ0n) is 14.4. The molecule has 1 saturated heterocycles. The van der Waals surface area contributed by atoms with Crippen LogP contribution >= 0.6 is 0 Å². The van der Waals surface area contributed by atoms with Crippen LogP contribution in [0.1, 0.15) is 67.9 Å². The van der Waals surface area contributed by atoms with E-state index in [2.05, 4.69) is 19.7 Å². The topological polar surface area (TPSA) is 64.2 Å². The highest BCUT2D eigenvalue weighted by atomic mass is 16.3. The predicted molar refractivity (Wildman–Crippen MR) is 90.8 cm³/mol. The van der Waals surface area contributed by atoms with Gasteiger partial charge < -0.3 is 13.9 Å². The number of hydrogen-bond acceptors (Lipinski definition) is 4. The second-order valence-corrected chi connectivity index (χ2v) is 7.59. The number of likely N-dealkylation sites (tertiary alicyclic amines) is 1. The number of hydrogen-bond donors (Lipinski definition) is 0. The monoisotopic (exact) mass is 340 g/mol. The van der Waals surface area contributed by atoms with Gasteiger partial charge in [-0.2, -0.15) is 0 Å². The number of aromatic nitrogens is 3. The molecule has 1 aliphatic carbocycles. The summed E-state index contributed by atoms with van der Waals surface area (Å²) in [5.41, 5.74) is 0. The number of aryl methyl sites for hydroxylation is 1. The van der Waals surface area contributed by atoms with Gasteiger partial charge in [0.25, 0.3) is 0 Å². The van der Waals surface area contributed by atoms with Crippen LogP contribution in [0.15, 0.2) is 22.8 Å². The van der Waals surface area contributed by atoms with E-state index >= 15 is 0 Å². The molecule has 0 bridgehead atoms. The van der Waals surface area contributed by atoms with Gasteiger partial charge in [0, 0.05) is 31.3 Å². The fourth-order valence-electron chi connectivity index (χ4n) is 4.54. The summed E-state index contributed by atoms with van der Waals surface area (Å²) in [6, 6.07) is 3.99. The second kappa shape index (κ2) is 6.00. The van der Waals surface area contributed by atoms with Crippen molar-refractivity contribution in [2.45, 2.75) is 63.5 Å². The number of carbonyl (C=O) groups excluding carboxylic acids is 1. The van der Waals surface area contributed by atoms with E-state index in [9.17, 15) is 4.79 Å². The first-order valence-electron chi connectivity index (χ1n) is 9.59. The van der Waals surface area contributed by atoms with Crippen LogP contribution in [-0.4, -0.2) is 32.1 Å². The molecule has 1 amide bonds. The summed E-state index contributed by atoms with van der Waals surface area (Å²) < 4.78 is 7.78. The fraction of sp³-hybridized carbons (Fsp3) is 0.632. The standard InChI is InChI=1S/C19H24N4O2/c24-19(14-12-13(14)16-7-5-11-25-16)22-9-3-1-6-15(22)18-21-20-17-8-2-4-10-23(17)18/h5,7,11,13-15H,1-4,6,8-10,12H2/t13-,14+,15-/m0/s1. The summed E-state index contributed by atoms with van der Waals surface area (Å²) in [5, 5.41) is 8.91. The Labute approximate surface area is 147 Å². The van der Waals surface area contributed by atoms with Gasteiger partial charge in [0.05, 0.1) is 12.3 Å². The lowest BCUT2D eigenvalue weighted by Gasteiger charge is -2.36. The van der Waals surface area contributed by atoms with Crippen molar-refractivity contribution in [3.05, 3.63) is 35.8 Å². The molecule has 2 aromatic heterocycles. The van der Waals surface area contributed by atoms with Crippen molar-refractivity contribution in [1.82, 2.24) is 19.7 Å². The molecule has 25 heavy (non-hydrogen) atoms. The molecular formula is C19H24N4O2. The van der Waals surface area contributed by atoms with Crippen LogP contribution in [0.4, 0.5) is 0 Å². The molecule has 6 nitrogen and oxygen atoms in total. The number of carbonyl (C=O) groups is 1. The smallest absolute Gasteiger partial charge is 0.227 e. The molecule has 3 aliphatic rings. The van der Waals surface area contributed by atoms with Gasteiger partial charge in [-0.05, 0) is 50.7 Å². The summed E-state index contributed by atoms with van der Waals surface area (Å²) >= 11 is 0. The molecule has 0 N–H and O–H groups in total. The lowest BCUT2D eigenvalue weighted by molar-refractivity contribution is -0.136. The minimum Gasteiger partial charge on any atom is -0.469 e. The van der Waals surface area contributed by atoms with Gasteiger partial charge in [-0.3, -0.25) is 4.79 Å². The zero-order valence-corrected chi connectivity index (χ0v) is 14.4. The Morgan fingerprint density at radius 3 is 2.96 bits per heavy atom. The molecule has 1 saturated carbocycles. The van der Waals surface area contributed by atoms with Gasteiger partial charge in [0.15, 0.2) is 5.82 Å². The van der Waals surface area contributed by atoms with Gasteiger partial charge in [-0.1, -0.05) is 0 Å². The molecule has 5 rings (SSSR count). The van der Waals surface area contributed by atoms with Crippen molar-refractivity contribution in [2.24, 2.45) is 5.92 Å². The highest BCUT2D eigenvalue weighted by Crippen LogP contribution is 2.50. The first-order valence-corrected chi connectivity index (χ1v) is 9.59. The maximum atomic E-state index is 13.2. The van der Waals surface area contributed by atoms with Crippen molar-refractivity contribution in [3.63, 3.8) is 0 Å². The first-order chi connectivity index (χ1) is 12.3. The number of furan rings is 1. The molecule has 6 heteroatoms. The Morgan fingerprint density at radius 1 is 1.16 bits per heavy atom. The van der Waals surface area contributed by atoms with Gasteiger partial charge in [-0.25, -0.2) is 0 Å². The van der Waals surface area contributed by atoms with Crippen LogP contribution < -0.4 is 0 Å². The van der Waals surface area contributed by atoms with Crippen LogP contribution in [0.3, 0.4) is 0 Å². The fourth-order valence-corrected chi connectivity index (χ4v) is 4.54. The third kappa shape index (κ3) is 2.58. The molecule has 0 spiro atoms. The van der Waals surface area contributed by atoms with Crippen molar-refractivity contribution >= 4 is 5.91 Å². The average Bonchev–Trinajstić information content (AvgIpc) is 3.08. The number of amides is 1. The lowest BCUT2D eigenvalue weighted by atomic mass is 9.99. The molecule has 0 radical (unpaired) electrons. The molecule has 132 valence electrons. The Kier molecular flexibility index (Phi) is 3.64. The quantitative estimate of drug-likeness (QED) is 0.861. The predicted octanol–water partition coefficient (Wildman–Crippen LogP) is 3.06.